The molecule has 7 nitrogen and oxygen atoms in total. The lowest BCUT2D eigenvalue weighted by atomic mass is 10.1. The van der Waals surface area contributed by atoms with Crippen molar-refractivity contribution in [1.29, 1.82) is 0 Å². The number of aromatic nitrogens is 5. The fourth-order valence-corrected chi connectivity index (χ4v) is 4.67. The molecule has 194 valence electrons. The molecule has 0 saturated heterocycles. The van der Waals surface area contributed by atoms with Crippen molar-refractivity contribution in [1.82, 2.24) is 24.4 Å². The van der Waals surface area contributed by atoms with E-state index in [1.165, 1.54) is 12.3 Å². The molecule has 1 amide bonds. The highest BCUT2D eigenvalue weighted by Gasteiger charge is 2.23. The van der Waals surface area contributed by atoms with E-state index in [2.05, 4.69) is 20.5 Å². The van der Waals surface area contributed by atoms with Gasteiger partial charge in [0.05, 0.1) is 35.5 Å². The predicted octanol–water partition coefficient (Wildman–Crippen LogP) is 7.06. The average Bonchev–Trinajstić information content (AvgIpc) is 3.42. The number of hydrogen-bond donors (Lipinski definition) is 1. The third-order valence-corrected chi connectivity index (χ3v) is 6.86. The smallest absolute Gasteiger partial charge is 0.280 e. The van der Waals surface area contributed by atoms with E-state index in [0.717, 1.165) is 15.6 Å². The normalized spacial score (nSPS) is 11.5. The fraction of sp³-hybridized carbons (Fsp3) is 0.185. The number of amides is 1. The number of carbonyl (C=O) groups excluding carboxylic acids is 1. The van der Waals surface area contributed by atoms with Gasteiger partial charge in [-0.1, -0.05) is 59.1 Å². The van der Waals surface area contributed by atoms with E-state index >= 15 is 0 Å². The van der Waals surface area contributed by atoms with Crippen molar-refractivity contribution < 1.29 is 13.6 Å². The van der Waals surface area contributed by atoms with Crippen LogP contribution in [0.2, 0.25) is 10.0 Å². The summed E-state index contributed by atoms with van der Waals surface area (Å²) in [6.07, 6.45) is -1.58. The van der Waals surface area contributed by atoms with E-state index in [4.69, 9.17) is 23.2 Å². The lowest BCUT2D eigenvalue weighted by Crippen LogP contribution is -2.14. The molecule has 11 heteroatoms. The number of halogens is 4. The molecule has 3 heterocycles. The minimum atomic E-state index is -2.82. The summed E-state index contributed by atoms with van der Waals surface area (Å²) < 4.78 is 30.6. The molecule has 5 aromatic rings. The Morgan fingerprint density at radius 1 is 1.05 bits per heavy atom. The lowest BCUT2D eigenvalue weighted by Gasteiger charge is -2.10. The third kappa shape index (κ3) is 4.87. The Labute approximate surface area is 227 Å². The largest absolute Gasteiger partial charge is 0.319 e. The van der Waals surface area contributed by atoms with Crippen molar-refractivity contribution in [2.45, 2.75) is 33.7 Å². The van der Waals surface area contributed by atoms with Gasteiger partial charge >= 0.3 is 0 Å². The number of anilines is 1. The lowest BCUT2D eigenvalue weighted by molar-refractivity contribution is 0.102. The van der Waals surface area contributed by atoms with Crippen LogP contribution >= 0.6 is 23.2 Å². The molecule has 38 heavy (non-hydrogen) atoms. The van der Waals surface area contributed by atoms with Crippen LogP contribution in [-0.2, 0) is 6.54 Å². The third-order valence-electron chi connectivity index (χ3n) is 6.27. The molecule has 1 N–H and O–H groups in total. The summed E-state index contributed by atoms with van der Waals surface area (Å²) in [4.78, 5) is 17.9. The van der Waals surface area contributed by atoms with Crippen molar-refractivity contribution in [3.8, 4) is 11.3 Å². The molecule has 3 aromatic heterocycles. The highest BCUT2D eigenvalue weighted by Crippen LogP contribution is 2.29. The van der Waals surface area contributed by atoms with Gasteiger partial charge in [-0.25, -0.2) is 18.3 Å². The number of rotatable bonds is 6. The Morgan fingerprint density at radius 2 is 1.79 bits per heavy atom. The van der Waals surface area contributed by atoms with Crippen LogP contribution in [0.3, 0.4) is 0 Å². The quantitative estimate of drug-likeness (QED) is 0.243. The number of aryl methyl sites for hydroxylation is 2. The topological polar surface area (TPSA) is 77.1 Å². The minimum absolute atomic E-state index is 0.0338. The highest BCUT2D eigenvalue weighted by molar-refractivity contribution is 6.35. The van der Waals surface area contributed by atoms with Gasteiger partial charge < -0.3 is 5.32 Å². The number of hydrogen-bond acceptors (Lipinski definition) is 4. The predicted molar refractivity (Wildman–Crippen MR) is 143 cm³/mol. The molecular weight excluding hydrogens is 533 g/mol. The Hall–Kier alpha value is -3.82. The summed E-state index contributed by atoms with van der Waals surface area (Å²) in [5, 5.41) is 12.5. The van der Waals surface area contributed by atoms with Crippen LogP contribution in [-0.4, -0.2) is 30.3 Å². The average molecular weight is 555 g/mol. The zero-order valence-corrected chi connectivity index (χ0v) is 22.1. The van der Waals surface area contributed by atoms with Gasteiger partial charge in [-0.15, -0.1) is 0 Å². The second-order valence-electron chi connectivity index (χ2n) is 8.92. The first-order valence-corrected chi connectivity index (χ1v) is 12.4. The van der Waals surface area contributed by atoms with Gasteiger partial charge in [0.2, 0.25) is 0 Å². The molecule has 2 aromatic carbocycles. The van der Waals surface area contributed by atoms with Gasteiger partial charge in [0, 0.05) is 15.6 Å². The van der Waals surface area contributed by atoms with Crippen LogP contribution in [0.5, 0.6) is 0 Å². The molecule has 0 aliphatic rings. The van der Waals surface area contributed by atoms with E-state index in [0.29, 0.717) is 44.9 Å². The second-order valence-corrected chi connectivity index (χ2v) is 9.76. The number of fused-ring (bicyclic) bond motifs is 1. The number of nitrogens with zero attached hydrogens (tertiary/aromatic N) is 5. The Bertz CT molecular complexity index is 1680. The van der Waals surface area contributed by atoms with Crippen molar-refractivity contribution in [2.75, 3.05) is 5.32 Å². The first kappa shape index (κ1) is 25.8. The van der Waals surface area contributed by atoms with Crippen LogP contribution in [0.15, 0.2) is 54.7 Å². The molecular formula is C27H22Cl2F2N6O. The van der Waals surface area contributed by atoms with Crippen LogP contribution in [0.25, 0.3) is 16.9 Å². The van der Waals surface area contributed by atoms with Gasteiger partial charge in [-0.3, -0.25) is 9.48 Å². The monoisotopic (exact) mass is 554 g/mol. The minimum Gasteiger partial charge on any atom is -0.319 e. The van der Waals surface area contributed by atoms with Gasteiger partial charge in [0.1, 0.15) is 11.3 Å². The molecule has 0 spiro atoms. The zero-order chi connectivity index (χ0) is 27.1. The molecule has 0 aliphatic carbocycles. The number of nitrogens with one attached hydrogen (secondary N) is 1. The van der Waals surface area contributed by atoms with Gasteiger partial charge in [-0.05, 0) is 44.5 Å². The van der Waals surface area contributed by atoms with Crippen LogP contribution < -0.4 is 5.32 Å². The van der Waals surface area contributed by atoms with E-state index in [1.807, 2.05) is 32.0 Å². The fourth-order valence-electron chi connectivity index (χ4n) is 4.20. The van der Waals surface area contributed by atoms with E-state index < -0.39 is 12.3 Å². The molecule has 0 saturated carbocycles. The number of carbonyl (C=O) groups is 1. The zero-order valence-electron chi connectivity index (χ0n) is 20.6. The van der Waals surface area contributed by atoms with Crippen molar-refractivity contribution in [2.24, 2.45) is 0 Å². The van der Waals surface area contributed by atoms with Gasteiger partial charge in [0.25, 0.3) is 12.3 Å². The maximum absolute atomic E-state index is 13.9. The number of alkyl halides is 2. The van der Waals surface area contributed by atoms with Crippen molar-refractivity contribution >= 4 is 40.4 Å². The molecule has 0 unspecified atom stereocenters. The summed E-state index contributed by atoms with van der Waals surface area (Å²) in [6.45, 7) is 5.88. The van der Waals surface area contributed by atoms with Gasteiger partial charge in [0.15, 0.2) is 5.65 Å². The molecule has 0 bridgehead atoms. The summed E-state index contributed by atoms with van der Waals surface area (Å²) in [7, 11) is 0. The maximum Gasteiger partial charge on any atom is 0.280 e. The first-order chi connectivity index (χ1) is 18.1. The van der Waals surface area contributed by atoms with Crippen LogP contribution in [0.4, 0.5) is 14.5 Å². The summed E-state index contributed by atoms with van der Waals surface area (Å²) in [5.74, 6) is -0.538. The molecule has 0 fully saturated rings. The first-order valence-electron chi connectivity index (χ1n) is 11.7. The van der Waals surface area contributed by atoms with Crippen LogP contribution in [0.1, 0.15) is 45.0 Å². The van der Waals surface area contributed by atoms with Crippen molar-refractivity contribution in [3.05, 3.63) is 98.5 Å². The van der Waals surface area contributed by atoms with Crippen molar-refractivity contribution in [3.63, 3.8) is 0 Å². The molecule has 0 atom stereocenters. The summed E-state index contributed by atoms with van der Waals surface area (Å²) in [6, 6.07) is 13.8. The van der Waals surface area contributed by atoms with E-state index in [9.17, 15) is 13.6 Å². The second kappa shape index (κ2) is 10.2. The van der Waals surface area contributed by atoms with Crippen LogP contribution in [0, 0.1) is 20.8 Å². The van der Waals surface area contributed by atoms with Gasteiger partial charge in [-0.2, -0.15) is 10.2 Å². The molecule has 5 rings (SSSR count). The summed E-state index contributed by atoms with van der Waals surface area (Å²) >= 11 is 12.3. The standard InChI is InChI=1S/C27H22Cl2F2N6O/c1-14-4-6-17(7-5-14)22-11-23(25(30)31)37-26(33-22)20(12-32-37)27(38)34-24-15(2)35-36(16(24)3)13-18-8-9-19(28)10-21(18)29/h4-12,25H,13H2,1-3H3,(H,34,38). The number of benzene rings is 2. The Morgan fingerprint density at radius 3 is 2.47 bits per heavy atom. The summed E-state index contributed by atoms with van der Waals surface area (Å²) in [5.41, 5.74) is 4.34. The Balaban J connectivity index is 1.49. The molecule has 0 radical (unpaired) electrons. The maximum atomic E-state index is 13.9. The SMILES string of the molecule is Cc1ccc(-c2cc(C(F)F)n3ncc(C(=O)Nc4c(C)nn(Cc5ccc(Cl)cc5Cl)c4C)c3n2)cc1. The Kier molecular flexibility index (Phi) is 6.90. The molecule has 0 aliphatic heterocycles. The van der Waals surface area contributed by atoms with E-state index in [1.54, 1.807) is 35.9 Å². The highest BCUT2D eigenvalue weighted by atomic mass is 35.5. The van der Waals surface area contributed by atoms with E-state index in [-0.39, 0.29) is 16.9 Å².